The van der Waals surface area contributed by atoms with Crippen LogP contribution in [-0.4, -0.2) is 25.6 Å². The molecule has 3 aromatic rings. The van der Waals surface area contributed by atoms with Crippen LogP contribution in [0.25, 0.3) is 10.9 Å². The fraction of sp³-hybridized carbons (Fsp3) is 0.200. The minimum Gasteiger partial charge on any atom is -0.322 e. The van der Waals surface area contributed by atoms with Gasteiger partial charge in [-0.05, 0) is 56.7 Å². The van der Waals surface area contributed by atoms with Crippen molar-refractivity contribution in [3.05, 3.63) is 64.8 Å². The Hall–Kier alpha value is -2.73. The van der Waals surface area contributed by atoms with E-state index in [1.165, 1.54) is 12.1 Å². The van der Waals surface area contributed by atoms with Crippen molar-refractivity contribution in [1.82, 2.24) is 4.98 Å². The SMILES string of the molecule is Cc1ccc2nc(C)cc(C(=O)Nc3cc(S(C)(=O)=O)ccc3C)c2c1. The van der Waals surface area contributed by atoms with Crippen molar-refractivity contribution in [2.24, 2.45) is 0 Å². The number of sulfone groups is 1. The number of nitrogens with one attached hydrogen (secondary N) is 1. The Labute approximate surface area is 153 Å². The summed E-state index contributed by atoms with van der Waals surface area (Å²) in [7, 11) is -3.35. The second-order valence-electron chi connectivity index (χ2n) is 6.53. The van der Waals surface area contributed by atoms with Gasteiger partial charge >= 0.3 is 0 Å². The molecule has 1 aromatic heterocycles. The zero-order chi connectivity index (χ0) is 19.1. The molecule has 0 saturated heterocycles. The number of aryl methyl sites for hydroxylation is 3. The molecule has 0 aliphatic carbocycles. The number of rotatable bonds is 3. The first kappa shape index (κ1) is 18.1. The molecule has 0 saturated carbocycles. The summed E-state index contributed by atoms with van der Waals surface area (Å²) in [6.07, 6.45) is 1.14. The zero-order valence-electron chi connectivity index (χ0n) is 15.1. The van der Waals surface area contributed by atoms with Crippen molar-refractivity contribution >= 4 is 32.3 Å². The van der Waals surface area contributed by atoms with Crippen LogP contribution in [0.2, 0.25) is 0 Å². The van der Waals surface area contributed by atoms with Crippen molar-refractivity contribution < 1.29 is 13.2 Å². The highest BCUT2D eigenvalue weighted by Crippen LogP contribution is 2.24. The fourth-order valence-corrected chi connectivity index (χ4v) is 3.46. The van der Waals surface area contributed by atoms with E-state index in [0.29, 0.717) is 11.3 Å². The molecule has 0 fully saturated rings. The summed E-state index contributed by atoms with van der Waals surface area (Å²) in [6, 6.07) is 12.2. The second kappa shape index (κ2) is 6.53. The van der Waals surface area contributed by atoms with Crippen LogP contribution in [0.1, 0.15) is 27.2 Å². The minimum atomic E-state index is -3.35. The first-order chi connectivity index (χ1) is 12.1. The molecule has 134 valence electrons. The van der Waals surface area contributed by atoms with E-state index in [-0.39, 0.29) is 10.8 Å². The van der Waals surface area contributed by atoms with Crippen molar-refractivity contribution in [3.8, 4) is 0 Å². The Balaban J connectivity index is 2.07. The highest BCUT2D eigenvalue weighted by molar-refractivity contribution is 7.90. The lowest BCUT2D eigenvalue weighted by Gasteiger charge is -2.12. The summed E-state index contributed by atoms with van der Waals surface area (Å²) < 4.78 is 23.6. The van der Waals surface area contributed by atoms with Crippen LogP contribution in [0.3, 0.4) is 0 Å². The maximum atomic E-state index is 12.9. The monoisotopic (exact) mass is 368 g/mol. The van der Waals surface area contributed by atoms with Gasteiger partial charge in [-0.2, -0.15) is 0 Å². The Morgan fingerprint density at radius 2 is 1.73 bits per heavy atom. The van der Waals surface area contributed by atoms with Gasteiger partial charge in [0.15, 0.2) is 9.84 Å². The molecule has 26 heavy (non-hydrogen) atoms. The lowest BCUT2D eigenvalue weighted by Crippen LogP contribution is -2.14. The minimum absolute atomic E-state index is 0.171. The van der Waals surface area contributed by atoms with Crippen molar-refractivity contribution in [3.63, 3.8) is 0 Å². The normalized spacial score (nSPS) is 11.5. The number of hydrogen-bond acceptors (Lipinski definition) is 4. The molecule has 2 aromatic carbocycles. The van der Waals surface area contributed by atoms with E-state index in [0.717, 1.165) is 34.0 Å². The average molecular weight is 368 g/mol. The van der Waals surface area contributed by atoms with E-state index in [9.17, 15) is 13.2 Å². The Bertz CT molecular complexity index is 1140. The van der Waals surface area contributed by atoms with E-state index in [2.05, 4.69) is 10.3 Å². The molecule has 0 aliphatic heterocycles. The molecule has 6 heteroatoms. The van der Waals surface area contributed by atoms with E-state index in [1.807, 2.05) is 39.0 Å². The maximum Gasteiger partial charge on any atom is 0.256 e. The van der Waals surface area contributed by atoms with Crippen LogP contribution in [-0.2, 0) is 9.84 Å². The van der Waals surface area contributed by atoms with Crippen LogP contribution in [0, 0.1) is 20.8 Å². The molecule has 0 unspecified atom stereocenters. The van der Waals surface area contributed by atoms with Crippen LogP contribution >= 0.6 is 0 Å². The predicted octanol–water partition coefficient (Wildman–Crippen LogP) is 3.82. The number of pyridine rings is 1. The number of amides is 1. The summed E-state index contributed by atoms with van der Waals surface area (Å²) in [5.74, 6) is -0.292. The quantitative estimate of drug-likeness (QED) is 0.762. The lowest BCUT2D eigenvalue weighted by atomic mass is 10.0. The number of fused-ring (bicyclic) bond motifs is 1. The molecule has 5 nitrogen and oxygen atoms in total. The molecule has 0 atom stereocenters. The summed E-state index contributed by atoms with van der Waals surface area (Å²) in [6.45, 7) is 5.62. The van der Waals surface area contributed by atoms with Crippen LogP contribution < -0.4 is 5.32 Å². The number of nitrogens with zero attached hydrogens (tertiary/aromatic N) is 1. The molecule has 1 N–H and O–H groups in total. The molecule has 0 spiro atoms. The summed E-state index contributed by atoms with van der Waals surface area (Å²) in [5.41, 5.74) is 4.31. The van der Waals surface area contributed by atoms with Crippen molar-refractivity contribution in [1.29, 1.82) is 0 Å². The smallest absolute Gasteiger partial charge is 0.256 e. The third-order valence-electron chi connectivity index (χ3n) is 4.22. The summed E-state index contributed by atoms with van der Waals surface area (Å²) in [4.78, 5) is 17.6. The number of benzene rings is 2. The van der Waals surface area contributed by atoms with Gasteiger partial charge in [-0.1, -0.05) is 17.7 Å². The number of aromatic nitrogens is 1. The Morgan fingerprint density at radius 3 is 2.42 bits per heavy atom. The number of hydrogen-bond donors (Lipinski definition) is 1. The first-order valence-electron chi connectivity index (χ1n) is 8.15. The van der Waals surface area contributed by atoms with Gasteiger partial charge in [0, 0.05) is 23.0 Å². The van der Waals surface area contributed by atoms with Gasteiger partial charge in [0.2, 0.25) is 0 Å². The standard InChI is InChI=1S/C20H20N2O3S/c1-12-5-8-18-16(9-12)17(10-14(3)21-18)20(23)22-19-11-15(26(4,24)25)7-6-13(19)2/h5-11H,1-4H3,(H,22,23). The van der Waals surface area contributed by atoms with E-state index in [4.69, 9.17) is 0 Å². The molecule has 1 amide bonds. The summed E-state index contributed by atoms with van der Waals surface area (Å²) >= 11 is 0. The van der Waals surface area contributed by atoms with Gasteiger partial charge < -0.3 is 5.32 Å². The highest BCUT2D eigenvalue weighted by Gasteiger charge is 2.15. The predicted molar refractivity (Wildman–Crippen MR) is 103 cm³/mol. The molecular formula is C20H20N2O3S. The molecule has 0 radical (unpaired) electrons. The first-order valence-corrected chi connectivity index (χ1v) is 10.0. The maximum absolute atomic E-state index is 12.9. The van der Waals surface area contributed by atoms with E-state index in [1.54, 1.807) is 12.1 Å². The van der Waals surface area contributed by atoms with Crippen LogP contribution in [0.15, 0.2) is 47.4 Å². The van der Waals surface area contributed by atoms with Crippen molar-refractivity contribution in [2.45, 2.75) is 25.7 Å². The zero-order valence-corrected chi connectivity index (χ0v) is 15.9. The largest absolute Gasteiger partial charge is 0.322 e. The third-order valence-corrected chi connectivity index (χ3v) is 5.33. The van der Waals surface area contributed by atoms with Gasteiger partial charge in [0.1, 0.15) is 0 Å². The third kappa shape index (κ3) is 3.60. The Morgan fingerprint density at radius 1 is 1.00 bits per heavy atom. The van der Waals surface area contributed by atoms with Gasteiger partial charge in [0.25, 0.3) is 5.91 Å². The second-order valence-corrected chi connectivity index (χ2v) is 8.55. The van der Waals surface area contributed by atoms with Crippen molar-refractivity contribution in [2.75, 3.05) is 11.6 Å². The topological polar surface area (TPSA) is 76.1 Å². The molecule has 1 heterocycles. The average Bonchev–Trinajstić information content (AvgIpc) is 2.55. The molecule has 3 rings (SSSR count). The van der Waals surface area contributed by atoms with Gasteiger partial charge in [-0.15, -0.1) is 0 Å². The van der Waals surface area contributed by atoms with Gasteiger partial charge in [-0.3, -0.25) is 9.78 Å². The van der Waals surface area contributed by atoms with E-state index < -0.39 is 9.84 Å². The fourth-order valence-electron chi connectivity index (χ4n) is 2.82. The Kier molecular flexibility index (Phi) is 4.54. The number of carbonyl (C=O) groups excluding carboxylic acids is 1. The van der Waals surface area contributed by atoms with E-state index >= 15 is 0 Å². The number of carbonyl (C=O) groups is 1. The van der Waals surface area contributed by atoms with Crippen LogP contribution in [0.4, 0.5) is 5.69 Å². The van der Waals surface area contributed by atoms with Gasteiger partial charge in [-0.25, -0.2) is 8.42 Å². The molecule has 0 bridgehead atoms. The molecular weight excluding hydrogens is 348 g/mol. The molecule has 0 aliphatic rings. The number of anilines is 1. The summed E-state index contributed by atoms with van der Waals surface area (Å²) in [5, 5.41) is 3.62. The highest BCUT2D eigenvalue weighted by atomic mass is 32.2. The van der Waals surface area contributed by atoms with Gasteiger partial charge in [0.05, 0.1) is 16.0 Å². The van der Waals surface area contributed by atoms with Crippen LogP contribution in [0.5, 0.6) is 0 Å². The lowest BCUT2D eigenvalue weighted by molar-refractivity contribution is 0.102.